The molecule has 0 aliphatic heterocycles. The minimum atomic E-state index is -1.28. The van der Waals surface area contributed by atoms with Crippen LogP contribution in [0.2, 0.25) is 24.2 Å². The minimum Gasteiger partial charge on any atom is -0.478 e. The van der Waals surface area contributed by atoms with Crippen LogP contribution in [-0.2, 0) is 0 Å². The second kappa shape index (κ2) is 9.75. The summed E-state index contributed by atoms with van der Waals surface area (Å²) in [6.07, 6.45) is 1.14. The zero-order valence-electron chi connectivity index (χ0n) is 17.0. The number of benzene rings is 1. The van der Waals surface area contributed by atoms with Crippen molar-refractivity contribution in [3.8, 4) is 0 Å². The molecule has 0 aliphatic carbocycles. The van der Waals surface area contributed by atoms with Crippen molar-refractivity contribution in [1.29, 1.82) is 0 Å². The van der Waals surface area contributed by atoms with Crippen molar-refractivity contribution in [2.45, 2.75) is 57.3 Å². The molecule has 0 bridgehead atoms. The largest absolute Gasteiger partial charge is 0.478 e. The molecule has 0 aliphatic rings. The van der Waals surface area contributed by atoms with Gasteiger partial charge in [0.05, 0.1) is 19.2 Å². The fraction of sp³-hybridized carbons (Fsp3) is 0.600. The lowest BCUT2D eigenvalue weighted by atomic mass is 9.93. The van der Waals surface area contributed by atoms with Gasteiger partial charge in [0.2, 0.25) is 0 Å². The molecule has 0 heterocycles. The summed E-state index contributed by atoms with van der Waals surface area (Å²) < 4.78 is 0. The van der Waals surface area contributed by atoms with Gasteiger partial charge in [-0.1, -0.05) is 39.9 Å². The molecule has 1 unspecified atom stereocenters. The summed E-state index contributed by atoms with van der Waals surface area (Å²) in [7, 11) is -1.28. The van der Waals surface area contributed by atoms with Gasteiger partial charge in [-0.15, -0.1) is 0 Å². The highest BCUT2D eigenvalue weighted by atomic mass is 32.2. The van der Waals surface area contributed by atoms with E-state index in [1.165, 1.54) is 24.2 Å². The summed E-state index contributed by atoms with van der Waals surface area (Å²) in [6.45, 7) is 12.1. The zero-order valence-corrected chi connectivity index (χ0v) is 18.9. The maximum absolute atomic E-state index is 11.5. The summed E-state index contributed by atoms with van der Waals surface area (Å²) in [5, 5.41) is 19.0. The molecule has 27 heavy (non-hydrogen) atoms. The van der Waals surface area contributed by atoms with E-state index >= 15 is 0 Å². The molecule has 0 aromatic heterocycles. The van der Waals surface area contributed by atoms with Crippen LogP contribution >= 0.6 is 11.8 Å². The lowest BCUT2D eigenvalue weighted by Crippen LogP contribution is -2.36. The maximum Gasteiger partial charge on any atom is 0.335 e. The second-order valence-corrected chi connectivity index (χ2v) is 15.6. The van der Waals surface area contributed by atoms with E-state index in [0.29, 0.717) is 22.9 Å². The molecule has 0 radical (unpaired) electrons. The molecule has 0 fully saturated rings. The van der Waals surface area contributed by atoms with Crippen LogP contribution in [0.4, 0.5) is 0 Å². The van der Waals surface area contributed by atoms with E-state index in [4.69, 9.17) is 5.73 Å². The van der Waals surface area contributed by atoms with Crippen molar-refractivity contribution in [3.05, 3.63) is 34.9 Å². The Morgan fingerprint density at radius 1 is 1.19 bits per heavy atom. The lowest BCUT2D eigenvalue weighted by molar-refractivity contribution is 0.0680. The summed E-state index contributed by atoms with van der Waals surface area (Å²) in [4.78, 5) is 22.8. The first kappa shape index (κ1) is 23.7. The van der Waals surface area contributed by atoms with E-state index in [2.05, 4.69) is 33.9 Å². The van der Waals surface area contributed by atoms with Crippen LogP contribution < -0.4 is 5.73 Å². The fourth-order valence-corrected chi connectivity index (χ4v) is 5.91. The number of nitrogens with two attached hydrogens (primary N) is 1. The Kier molecular flexibility index (Phi) is 8.57. The first-order valence-corrected chi connectivity index (χ1v) is 13.6. The Hall–Kier alpha value is -1.31. The highest BCUT2D eigenvalue weighted by Crippen LogP contribution is 2.39. The van der Waals surface area contributed by atoms with Crippen molar-refractivity contribution in [3.63, 3.8) is 0 Å². The van der Waals surface area contributed by atoms with Crippen LogP contribution in [0.5, 0.6) is 0 Å². The Morgan fingerprint density at radius 2 is 1.81 bits per heavy atom. The van der Waals surface area contributed by atoms with Gasteiger partial charge in [-0.2, -0.15) is 11.8 Å². The van der Waals surface area contributed by atoms with E-state index in [1.807, 2.05) is 0 Å². The average molecular weight is 412 g/mol. The second-order valence-electron chi connectivity index (χ2n) is 8.66. The number of hydrogen-bond acceptors (Lipinski definition) is 4. The predicted octanol–water partition coefficient (Wildman–Crippen LogP) is 4.76. The fourth-order valence-electron chi connectivity index (χ4n) is 2.73. The summed E-state index contributed by atoms with van der Waals surface area (Å²) in [5.74, 6) is -0.593. The van der Waals surface area contributed by atoms with Gasteiger partial charge in [0.1, 0.15) is 0 Å². The maximum atomic E-state index is 11.5. The van der Waals surface area contributed by atoms with Crippen LogP contribution in [0.25, 0.3) is 0 Å². The number of carboxylic acids is 2. The molecule has 5 nitrogen and oxygen atoms in total. The Labute approximate surface area is 167 Å². The third-order valence-corrected chi connectivity index (χ3v) is 12.6. The molecular weight excluding hydrogens is 378 g/mol. The molecule has 1 aromatic rings. The normalized spacial score (nSPS) is 13.4. The van der Waals surface area contributed by atoms with Gasteiger partial charge < -0.3 is 15.9 Å². The van der Waals surface area contributed by atoms with E-state index < -0.39 is 20.0 Å². The number of carboxylic acid groups (broad SMARTS) is 2. The van der Waals surface area contributed by atoms with Gasteiger partial charge in [-0.25, -0.2) is 9.59 Å². The highest BCUT2D eigenvalue weighted by molar-refractivity contribution is 7.99. The molecule has 1 rings (SSSR count). The van der Waals surface area contributed by atoms with Crippen LogP contribution in [0.1, 0.15) is 59.4 Å². The number of hydrogen-bond donors (Lipinski definition) is 3. The van der Waals surface area contributed by atoms with E-state index in [9.17, 15) is 19.8 Å². The Morgan fingerprint density at radius 3 is 2.30 bits per heavy atom. The molecule has 4 N–H and O–H groups in total. The third-order valence-electron chi connectivity index (χ3n) is 5.69. The smallest absolute Gasteiger partial charge is 0.335 e. The molecule has 1 atom stereocenters. The quantitative estimate of drug-likeness (QED) is 0.379. The topological polar surface area (TPSA) is 101 Å². The van der Waals surface area contributed by atoms with Crippen molar-refractivity contribution < 1.29 is 19.8 Å². The summed E-state index contributed by atoms with van der Waals surface area (Å²) >= 11 is 1.77. The van der Waals surface area contributed by atoms with E-state index in [0.717, 1.165) is 12.2 Å². The number of rotatable bonds is 10. The first-order chi connectivity index (χ1) is 12.4. The monoisotopic (exact) mass is 411 g/mol. The highest BCUT2D eigenvalue weighted by Gasteiger charge is 2.34. The van der Waals surface area contributed by atoms with Crippen molar-refractivity contribution >= 4 is 31.8 Å². The first-order valence-electron chi connectivity index (χ1n) is 9.29. The molecule has 0 spiro atoms. The molecular formula is C20H33NO4SSi. The van der Waals surface area contributed by atoms with Gasteiger partial charge in [0.25, 0.3) is 0 Å². The van der Waals surface area contributed by atoms with Crippen LogP contribution in [-0.4, -0.2) is 48.3 Å². The average Bonchev–Trinajstić information content (AvgIpc) is 2.56. The zero-order chi connectivity index (χ0) is 20.8. The summed E-state index contributed by atoms with van der Waals surface area (Å²) in [6, 6.07) is 5.41. The van der Waals surface area contributed by atoms with Crippen LogP contribution in [0.3, 0.4) is 0 Å². The van der Waals surface area contributed by atoms with E-state index in [-0.39, 0.29) is 17.0 Å². The van der Waals surface area contributed by atoms with Crippen LogP contribution in [0, 0.1) is 0 Å². The number of aromatic carboxylic acids is 2. The van der Waals surface area contributed by atoms with Gasteiger partial charge in [0, 0.05) is 11.7 Å². The standard InChI is InChI=1S/C20H33NO4SSi/c1-20(2,3)27(4,5)10-6-9-26-13-15(12-21)17-11-14(18(22)23)7-8-16(17)19(24)25/h7-8,11,15H,6,9-10,12-13,21H2,1-5H3,(H,22,23)(H,24,25). The minimum absolute atomic E-state index is 0.0939. The van der Waals surface area contributed by atoms with Gasteiger partial charge in [-0.05, 0) is 47.5 Å². The lowest BCUT2D eigenvalue weighted by Gasteiger charge is -2.37. The Bertz CT molecular complexity index is 670. The third kappa shape index (κ3) is 6.66. The SMILES string of the molecule is CC(C)(C)[Si](C)(C)CCCSCC(CN)c1cc(C(=O)O)ccc1C(=O)O. The molecule has 1 aromatic carbocycles. The number of carbonyl (C=O) groups is 2. The van der Waals surface area contributed by atoms with Crippen LogP contribution in [0.15, 0.2) is 18.2 Å². The van der Waals surface area contributed by atoms with Gasteiger partial charge >= 0.3 is 11.9 Å². The molecule has 0 saturated heterocycles. The number of thioether (sulfide) groups is 1. The molecule has 0 amide bonds. The molecule has 0 saturated carbocycles. The van der Waals surface area contributed by atoms with Crippen molar-refractivity contribution in [1.82, 2.24) is 0 Å². The molecule has 7 heteroatoms. The molecule has 152 valence electrons. The Balaban J connectivity index is 2.75. The van der Waals surface area contributed by atoms with Gasteiger partial charge in [0.15, 0.2) is 0 Å². The predicted molar refractivity (Wildman–Crippen MR) is 116 cm³/mol. The van der Waals surface area contributed by atoms with Crippen molar-refractivity contribution in [2.75, 3.05) is 18.1 Å². The van der Waals surface area contributed by atoms with Crippen molar-refractivity contribution in [2.24, 2.45) is 5.73 Å². The van der Waals surface area contributed by atoms with E-state index in [1.54, 1.807) is 11.8 Å². The summed E-state index contributed by atoms with van der Waals surface area (Å²) in [5.41, 5.74) is 6.64. The van der Waals surface area contributed by atoms with Gasteiger partial charge in [-0.3, -0.25) is 0 Å².